The molecule has 0 bridgehead atoms. The zero-order chi connectivity index (χ0) is 10.6. The smallest absolute Gasteiger partial charge is 0.162 e. The van der Waals surface area contributed by atoms with E-state index in [9.17, 15) is 4.79 Å². The molecule has 1 aromatic rings. The molecule has 0 aromatic heterocycles. The number of carbonyl (C=O) groups excluding carboxylic acids is 1. The minimum absolute atomic E-state index is 0.167. The molecule has 3 heteroatoms. The van der Waals surface area contributed by atoms with Gasteiger partial charge in [0.05, 0.1) is 0 Å². The lowest BCUT2D eigenvalue weighted by Gasteiger charge is -2.02. The molecule has 0 amide bonds. The molecule has 0 saturated carbocycles. The van der Waals surface area contributed by atoms with E-state index in [4.69, 9.17) is 5.73 Å². The maximum atomic E-state index is 11.6. The van der Waals surface area contributed by atoms with Crippen molar-refractivity contribution in [2.24, 2.45) is 0 Å². The van der Waals surface area contributed by atoms with Crippen LogP contribution in [0.4, 0.5) is 5.69 Å². The third-order valence-corrected chi connectivity index (χ3v) is 2.46. The first-order chi connectivity index (χ1) is 6.63. The van der Waals surface area contributed by atoms with Crippen molar-refractivity contribution in [3.8, 4) is 0 Å². The van der Waals surface area contributed by atoms with Crippen LogP contribution in [0.3, 0.4) is 0 Å². The van der Waals surface area contributed by atoms with Crippen molar-refractivity contribution in [3.05, 3.63) is 28.2 Å². The van der Waals surface area contributed by atoms with Gasteiger partial charge < -0.3 is 5.73 Å². The Balaban J connectivity index is 2.79. The van der Waals surface area contributed by atoms with Crippen molar-refractivity contribution < 1.29 is 4.79 Å². The van der Waals surface area contributed by atoms with E-state index in [0.29, 0.717) is 17.7 Å². The van der Waals surface area contributed by atoms with Gasteiger partial charge in [-0.2, -0.15) is 0 Å². The number of hydrogen-bond donors (Lipinski definition) is 1. The second-order valence-electron chi connectivity index (χ2n) is 3.30. The molecule has 0 saturated heterocycles. The Kier molecular flexibility index (Phi) is 4.14. The molecule has 2 N–H and O–H groups in total. The number of halogens is 1. The van der Waals surface area contributed by atoms with Gasteiger partial charge in [0.25, 0.3) is 0 Å². The van der Waals surface area contributed by atoms with E-state index in [1.807, 2.05) is 6.07 Å². The van der Waals surface area contributed by atoms with Crippen molar-refractivity contribution in [1.82, 2.24) is 0 Å². The lowest BCUT2D eigenvalue weighted by Crippen LogP contribution is -2.00. The van der Waals surface area contributed by atoms with Gasteiger partial charge in [-0.25, -0.2) is 0 Å². The summed E-state index contributed by atoms with van der Waals surface area (Å²) in [5, 5.41) is 0. The summed E-state index contributed by atoms with van der Waals surface area (Å²) >= 11 is 3.32. The van der Waals surface area contributed by atoms with E-state index < -0.39 is 0 Å². The monoisotopic (exact) mass is 255 g/mol. The summed E-state index contributed by atoms with van der Waals surface area (Å²) in [6.45, 7) is 2.07. The normalized spacial score (nSPS) is 10.1. The Hall–Kier alpha value is -0.830. The molecule has 1 rings (SSSR count). The van der Waals surface area contributed by atoms with Crippen LogP contribution < -0.4 is 5.73 Å². The first-order valence-corrected chi connectivity index (χ1v) is 5.52. The predicted molar refractivity (Wildman–Crippen MR) is 62.4 cm³/mol. The fourth-order valence-corrected chi connectivity index (χ4v) is 1.77. The summed E-state index contributed by atoms with van der Waals surface area (Å²) in [6.07, 6.45) is 2.58. The quantitative estimate of drug-likeness (QED) is 0.662. The minimum Gasteiger partial charge on any atom is -0.399 e. The lowest BCUT2D eigenvalue weighted by molar-refractivity contribution is 0.0980. The SMILES string of the molecule is CCCCC(=O)c1cc(N)cc(Br)c1. The number of nitrogen functional groups attached to an aromatic ring is 1. The van der Waals surface area contributed by atoms with Gasteiger partial charge in [0.2, 0.25) is 0 Å². The second kappa shape index (κ2) is 5.15. The van der Waals surface area contributed by atoms with Crippen LogP contribution in [-0.4, -0.2) is 5.78 Å². The molecule has 14 heavy (non-hydrogen) atoms. The van der Waals surface area contributed by atoms with Gasteiger partial charge in [0.1, 0.15) is 0 Å². The Bertz CT molecular complexity index is 316. The summed E-state index contributed by atoms with van der Waals surface area (Å²) in [5.41, 5.74) is 6.97. The van der Waals surface area contributed by atoms with Crippen LogP contribution in [0.25, 0.3) is 0 Å². The highest BCUT2D eigenvalue weighted by atomic mass is 79.9. The van der Waals surface area contributed by atoms with E-state index in [0.717, 1.165) is 17.3 Å². The molecule has 0 aliphatic carbocycles. The van der Waals surface area contributed by atoms with Gasteiger partial charge in [-0.15, -0.1) is 0 Å². The molecule has 1 aromatic carbocycles. The molecule has 0 atom stereocenters. The largest absolute Gasteiger partial charge is 0.399 e. The first kappa shape index (κ1) is 11.2. The molecule has 0 heterocycles. The van der Waals surface area contributed by atoms with E-state index in [1.165, 1.54) is 0 Å². The number of Topliss-reactive ketones (excluding diaryl/α,β-unsaturated/α-hetero) is 1. The second-order valence-corrected chi connectivity index (χ2v) is 4.22. The van der Waals surface area contributed by atoms with Crippen LogP contribution in [0.15, 0.2) is 22.7 Å². The minimum atomic E-state index is 0.167. The summed E-state index contributed by atoms with van der Waals surface area (Å²) in [4.78, 5) is 11.6. The molecule has 0 unspecified atom stereocenters. The first-order valence-electron chi connectivity index (χ1n) is 4.72. The molecular formula is C11H14BrNO. The molecular weight excluding hydrogens is 242 g/mol. The van der Waals surface area contributed by atoms with Gasteiger partial charge in [0, 0.05) is 22.1 Å². The number of hydrogen-bond acceptors (Lipinski definition) is 2. The summed E-state index contributed by atoms with van der Waals surface area (Å²) < 4.78 is 0.859. The fraction of sp³-hybridized carbons (Fsp3) is 0.364. The highest BCUT2D eigenvalue weighted by Crippen LogP contribution is 2.18. The molecule has 0 aliphatic heterocycles. The van der Waals surface area contributed by atoms with Crippen LogP contribution >= 0.6 is 15.9 Å². The Morgan fingerprint density at radius 1 is 1.43 bits per heavy atom. The number of carbonyl (C=O) groups is 1. The van der Waals surface area contributed by atoms with E-state index in [-0.39, 0.29) is 5.78 Å². The zero-order valence-electron chi connectivity index (χ0n) is 8.22. The average Bonchev–Trinajstić information content (AvgIpc) is 2.12. The number of nitrogens with two attached hydrogens (primary N) is 1. The van der Waals surface area contributed by atoms with Gasteiger partial charge in [-0.3, -0.25) is 4.79 Å². The number of benzene rings is 1. The molecule has 76 valence electrons. The van der Waals surface area contributed by atoms with Crippen molar-refractivity contribution >= 4 is 27.4 Å². The van der Waals surface area contributed by atoms with E-state index in [2.05, 4.69) is 22.9 Å². The van der Waals surface area contributed by atoms with Crippen LogP contribution in [0, 0.1) is 0 Å². The molecule has 2 nitrogen and oxygen atoms in total. The standard InChI is InChI=1S/C11H14BrNO/c1-2-3-4-11(14)8-5-9(12)7-10(13)6-8/h5-7H,2-4,13H2,1H3. The van der Waals surface area contributed by atoms with Crippen molar-refractivity contribution in [1.29, 1.82) is 0 Å². The van der Waals surface area contributed by atoms with Gasteiger partial charge in [0.15, 0.2) is 5.78 Å². The molecule has 0 fully saturated rings. The lowest BCUT2D eigenvalue weighted by atomic mass is 10.1. The van der Waals surface area contributed by atoms with Crippen LogP contribution in [0.5, 0.6) is 0 Å². The average molecular weight is 256 g/mol. The Labute approximate surface area is 92.6 Å². The van der Waals surface area contributed by atoms with E-state index >= 15 is 0 Å². The maximum Gasteiger partial charge on any atom is 0.162 e. The topological polar surface area (TPSA) is 43.1 Å². The van der Waals surface area contributed by atoms with Crippen molar-refractivity contribution in [2.45, 2.75) is 26.2 Å². The predicted octanol–water partition coefficient (Wildman–Crippen LogP) is 3.40. The maximum absolute atomic E-state index is 11.6. The van der Waals surface area contributed by atoms with Gasteiger partial charge in [-0.05, 0) is 24.6 Å². The number of anilines is 1. The van der Waals surface area contributed by atoms with Crippen LogP contribution in [0.2, 0.25) is 0 Å². The summed E-state index contributed by atoms with van der Waals surface area (Å²) in [5.74, 6) is 0.167. The Morgan fingerprint density at radius 3 is 2.71 bits per heavy atom. The van der Waals surface area contributed by atoms with E-state index in [1.54, 1.807) is 12.1 Å². The Morgan fingerprint density at radius 2 is 2.14 bits per heavy atom. The van der Waals surface area contributed by atoms with Crippen LogP contribution in [0.1, 0.15) is 36.5 Å². The number of ketones is 1. The highest BCUT2D eigenvalue weighted by molar-refractivity contribution is 9.10. The van der Waals surface area contributed by atoms with Crippen LogP contribution in [-0.2, 0) is 0 Å². The third-order valence-electron chi connectivity index (χ3n) is 2.00. The molecule has 0 aliphatic rings. The number of unbranched alkanes of at least 4 members (excludes halogenated alkanes) is 1. The van der Waals surface area contributed by atoms with Gasteiger partial charge >= 0.3 is 0 Å². The van der Waals surface area contributed by atoms with Crippen molar-refractivity contribution in [2.75, 3.05) is 5.73 Å². The summed E-state index contributed by atoms with van der Waals surface area (Å²) in [6, 6.07) is 5.33. The molecule has 0 spiro atoms. The fourth-order valence-electron chi connectivity index (χ4n) is 1.25. The number of rotatable bonds is 4. The summed E-state index contributed by atoms with van der Waals surface area (Å²) in [7, 11) is 0. The van der Waals surface area contributed by atoms with Gasteiger partial charge in [-0.1, -0.05) is 29.3 Å². The van der Waals surface area contributed by atoms with Crippen molar-refractivity contribution in [3.63, 3.8) is 0 Å². The molecule has 0 radical (unpaired) electrons. The zero-order valence-corrected chi connectivity index (χ0v) is 9.80. The highest BCUT2D eigenvalue weighted by Gasteiger charge is 2.06. The third kappa shape index (κ3) is 3.14.